The zero-order valence-electron chi connectivity index (χ0n) is 10.0. The highest BCUT2D eigenvalue weighted by atomic mass is 16.4. The Morgan fingerprint density at radius 3 is 2.53 bits per heavy atom. The fraction of sp³-hybridized carbons (Fsp3) is 0.917. The van der Waals surface area contributed by atoms with E-state index in [2.05, 4.69) is 12.2 Å². The molecular weight excluding hydrogens is 190 g/mol. The lowest BCUT2D eigenvalue weighted by Gasteiger charge is -2.32. The first-order valence-electron chi connectivity index (χ1n) is 5.90. The maximum absolute atomic E-state index is 10.9. The highest BCUT2D eigenvalue weighted by molar-refractivity contribution is 5.73. The molecule has 1 saturated carbocycles. The van der Waals surface area contributed by atoms with Crippen LogP contribution in [0.3, 0.4) is 0 Å². The van der Waals surface area contributed by atoms with Crippen LogP contribution in [0.15, 0.2) is 0 Å². The summed E-state index contributed by atoms with van der Waals surface area (Å²) in [5.41, 5.74) is -0.605. The maximum Gasteiger partial charge on any atom is 0.309 e. The first-order chi connectivity index (χ1) is 6.93. The Labute approximate surface area is 92.3 Å². The van der Waals surface area contributed by atoms with Crippen LogP contribution in [0.1, 0.15) is 46.5 Å². The zero-order valence-corrected chi connectivity index (χ0v) is 10.0. The SMILES string of the molecule is CC(NCCC(C)(C)C(=O)O)C1CCC1. The molecule has 0 heterocycles. The van der Waals surface area contributed by atoms with E-state index in [-0.39, 0.29) is 0 Å². The Morgan fingerprint density at radius 1 is 1.53 bits per heavy atom. The van der Waals surface area contributed by atoms with Gasteiger partial charge in [0.15, 0.2) is 0 Å². The number of nitrogens with one attached hydrogen (secondary N) is 1. The molecule has 1 atom stereocenters. The van der Waals surface area contributed by atoms with Gasteiger partial charge in [-0.15, -0.1) is 0 Å². The molecular formula is C12H23NO2. The predicted octanol–water partition coefficient (Wildman–Crippen LogP) is 2.27. The lowest BCUT2D eigenvalue weighted by molar-refractivity contribution is -0.147. The summed E-state index contributed by atoms with van der Waals surface area (Å²) in [4.78, 5) is 10.9. The van der Waals surface area contributed by atoms with E-state index in [1.165, 1.54) is 19.3 Å². The quantitative estimate of drug-likeness (QED) is 0.711. The van der Waals surface area contributed by atoms with Gasteiger partial charge in [0, 0.05) is 6.04 Å². The largest absolute Gasteiger partial charge is 0.481 e. The molecule has 0 aromatic heterocycles. The molecule has 0 bridgehead atoms. The summed E-state index contributed by atoms with van der Waals surface area (Å²) < 4.78 is 0. The Bertz CT molecular complexity index is 222. The van der Waals surface area contributed by atoms with E-state index in [1.54, 1.807) is 13.8 Å². The molecule has 1 rings (SSSR count). The van der Waals surface area contributed by atoms with Crippen molar-refractivity contribution in [1.82, 2.24) is 5.32 Å². The molecule has 1 unspecified atom stereocenters. The summed E-state index contributed by atoms with van der Waals surface area (Å²) in [5, 5.41) is 12.4. The highest BCUT2D eigenvalue weighted by Gasteiger charge is 2.28. The van der Waals surface area contributed by atoms with Crippen LogP contribution < -0.4 is 5.32 Å². The van der Waals surface area contributed by atoms with Gasteiger partial charge in [0.25, 0.3) is 0 Å². The molecule has 0 aromatic rings. The topological polar surface area (TPSA) is 49.3 Å². The van der Waals surface area contributed by atoms with Gasteiger partial charge in [-0.1, -0.05) is 6.42 Å². The van der Waals surface area contributed by atoms with E-state index in [9.17, 15) is 4.79 Å². The lowest BCUT2D eigenvalue weighted by Crippen LogP contribution is -2.39. The second-order valence-corrected chi connectivity index (χ2v) is 5.37. The van der Waals surface area contributed by atoms with Crippen molar-refractivity contribution in [2.24, 2.45) is 11.3 Å². The molecule has 88 valence electrons. The van der Waals surface area contributed by atoms with Gasteiger partial charge in [0.05, 0.1) is 5.41 Å². The molecule has 1 fully saturated rings. The molecule has 2 N–H and O–H groups in total. The standard InChI is InChI=1S/C12H23NO2/c1-9(10-5-4-6-10)13-8-7-12(2,3)11(14)15/h9-10,13H,4-8H2,1-3H3,(H,14,15). The highest BCUT2D eigenvalue weighted by Crippen LogP contribution is 2.29. The minimum Gasteiger partial charge on any atom is -0.481 e. The lowest BCUT2D eigenvalue weighted by atomic mass is 9.80. The summed E-state index contributed by atoms with van der Waals surface area (Å²) in [6.45, 7) is 6.57. The Morgan fingerprint density at radius 2 is 2.13 bits per heavy atom. The van der Waals surface area contributed by atoms with Crippen molar-refractivity contribution in [3.8, 4) is 0 Å². The molecule has 15 heavy (non-hydrogen) atoms. The Balaban J connectivity index is 2.17. The molecule has 0 radical (unpaired) electrons. The van der Waals surface area contributed by atoms with Crippen molar-refractivity contribution in [2.45, 2.75) is 52.5 Å². The number of carbonyl (C=O) groups is 1. The van der Waals surface area contributed by atoms with Crippen molar-refractivity contribution in [3.05, 3.63) is 0 Å². The van der Waals surface area contributed by atoms with Crippen LogP contribution in [0.25, 0.3) is 0 Å². The van der Waals surface area contributed by atoms with E-state index in [0.717, 1.165) is 12.5 Å². The molecule has 0 amide bonds. The molecule has 0 aliphatic heterocycles. The van der Waals surface area contributed by atoms with Crippen molar-refractivity contribution >= 4 is 5.97 Å². The van der Waals surface area contributed by atoms with E-state index in [1.807, 2.05) is 0 Å². The molecule has 1 aliphatic carbocycles. The van der Waals surface area contributed by atoms with Gasteiger partial charge in [-0.3, -0.25) is 4.79 Å². The second-order valence-electron chi connectivity index (χ2n) is 5.37. The fourth-order valence-electron chi connectivity index (χ4n) is 1.83. The van der Waals surface area contributed by atoms with E-state index < -0.39 is 11.4 Å². The van der Waals surface area contributed by atoms with Crippen molar-refractivity contribution in [2.75, 3.05) is 6.54 Å². The van der Waals surface area contributed by atoms with Crippen molar-refractivity contribution < 1.29 is 9.90 Å². The van der Waals surface area contributed by atoms with Crippen LogP contribution in [-0.2, 0) is 4.79 Å². The number of carboxylic acid groups (broad SMARTS) is 1. The minimum atomic E-state index is -0.708. The monoisotopic (exact) mass is 213 g/mol. The van der Waals surface area contributed by atoms with Gasteiger partial charge in [-0.05, 0) is 52.5 Å². The van der Waals surface area contributed by atoms with Crippen LogP contribution in [0.2, 0.25) is 0 Å². The fourth-order valence-corrected chi connectivity index (χ4v) is 1.83. The third kappa shape index (κ3) is 3.49. The van der Waals surface area contributed by atoms with Gasteiger partial charge in [0.1, 0.15) is 0 Å². The number of rotatable bonds is 6. The zero-order chi connectivity index (χ0) is 11.5. The molecule has 3 nitrogen and oxygen atoms in total. The summed E-state index contributed by atoms with van der Waals surface area (Å²) in [7, 11) is 0. The third-order valence-corrected chi connectivity index (χ3v) is 3.65. The Hall–Kier alpha value is -0.570. The summed E-state index contributed by atoms with van der Waals surface area (Å²) >= 11 is 0. The average Bonchev–Trinajstić information content (AvgIpc) is 1.99. The molecule has 0 saturated heterocycles. The van der Waals surface area contributed by atoms with Gasteiger partial charge < -0.3 is 10.4 Å². The van der Waals surface area contributed by atoms with Gasteiger partial charge in [-0.2, -0.15) is 0 Å². The number of hydrogen-bond acceptors (Lipinski definition) is 2. The van der Waals surface area contributed by atoms with Crippen LogP contribution >= 0.6 is 0 Å². The third-order valence-electron chi connectivity index (χ3n) is 3.65. The predicted molar refractivity (Wildman–Crippen MR) is 60.8 cm³/mol. The van der Waals surface area contributed by atoms with Crippen LogP contribution in [-0.4, -0.2) is 23.7 Å². The number of aliphatic carboxylic acids is 1. The minimum absolute atomic E-state index is 0.545. The molecule has 1 aliphatic rings. The summed E-state index contributed by atoms with van der Waals surface area (Å²) in [5.74, 6) is 0.110. The van der Waals surface area contributed by atoms with E-state index in [4.69, 9.17) is 5.11 Å². The summed E-state index contributed by atoms with van der Waals surface area (Å²) in [6, 6.07) is 0.545. The van der Waals surface area contributed by atoms with Crippen LogP contribution in [0, 0.1) is 11.3 Å². The first kappa shape index (κ1) is 12.5. The second kappa shape index (κ2) is 4.97. The van der Waals surface area contributed by atoms with Gasteiger partial charge >= 0.3 is 5.97 Å². The summed E-state index contributed by atoms with van der Waals surface area (Å²) in [6.07, 6.45) is 4.71. The number of carboxylic acids is 1. The molecule has 0 aromatic carbocycles. The van der Waals surface area contributed by atoms with E-state index in [0.29, 0.717) is 12.5 Å². The maximum atomic E-state index is 10.9. The van der Waals surface area contributed by atoms with E-state index >= 15 is 0 Å². The van der Waals surface area contributed by atoms with Crippen molar-refractivity contribution in [1.29, 1.82) is 0 Å². The van der Waals surface area contributed by atoms with Gasteiger partial charge in [0.2, 0.25) is 0 Å². The van der Waals surface area contributed by atoms with Crippen LogP contribution in [0.5, 0.6) is 0 Å². The van der Waals surface area contributed by atoms with Crippen LogP contribution in [0.4, 0.5) is 0 Å². The number of hydrogen-bond donors (Lipinski definition) is 2. The average molecular weight is 213 g/mol. The normalized spacial score (nSPS) is 19.7. The molecule has 0 spiro atoms. The first-order valence-corrected chi connectivity index (χ1v) is 5.90. The van der Waals surface area contributed by atoms with Crippen molar-refractivity contribution in [3.63, 3.8) is 0 Å². The van der Waals surface area contributed by atoms with Gasteiger partial charge in [-0.25, -0.2) is 0 Å². The smallest absolute Gasteiger partial charge is 0.309 e. The molecule has 3 heteroatoms. The Kier molecular flexibility index (Phi) is 4.14.